The second-order valence-corrected chi connectivity index (χ2v) is 8.50. The van der Waals surface area contributed by atoms with Gasteiger partial charge >= 0.3 is 0 Å². The first kappa shape index (κ1) is 25.9. The van der Waals surface area contributed by atoms with Gasteiger partial charge in [-0.1, -0.05) is 96.1 Å². The number of rotatable bonds is 12. The molecule has 188 valence electrons. The number of azide groups is 1. The standard InChI is InChI=1S/C28H31N3O5/c1-32-28-25(30-31-29)27(35-19-23-15-9-4-10-16-23)26(34-18-22-13-7-3-8-14-22)24(36-28)20-33-17-21-11-5-2-6-12-21/h2-16,24-28H,17-20H2,1H3/t24-,25+,26-,27-,28-/m1/s1. The van der Waals surface area contributed by atoms with Gasteiger partial charge in [-0.15, -0.1) is 0 Å². The van der Waals surface area contributed by atoms with E-state index in [1.807, 2.05) is 91.0 Å². The highest BCUT2D eigenvalue weighted by atomic mass is 16.7. The van der Waals surface area contributed by atoms with E-state index in [1.165, 1.54) is 7.11 Å². The number of hydrogen-bond acceptors (Lipinski definition) is 6. The van der Waals surface area contributed by atoms with Gasteiger partial charge in [0.1, 0.15) is 24.4 Å². The van der Waals surface area contributed by atoms with E-state index >= 15 is 0 Å². The molecule has 0 radical (unpaired) electrons. The summed E-state index contributed by atoms with van der Waals surface area (Å²) < 4.78 is 30.5. The second-order valence-electron chi connectivity index (χ2n) is 8.50. The van der Waals surface area contributed by atoms with Crippen molar-refractivity contribution in [3.05, 3.63) is 118 Å². The van der Waals surface area contributed by atoms with E-state index in [4.69, 9.17) is 23.7 Å². The first-order chi connectivity index (χ1) is 17.8. The molecule has 1 fully saturated rings. The van der Waals surface area contributed by atoms with E-state index < -0.39 is 30.6 Å². The monoisotopic (exact) mass is 489 g/mol. The van der Waals surface area contributed by atoms with Crippen molar-refractivity contribution < 1.29 is 23.7 Å². The third-order valence-electron chi connectivity index (χ3n) is 6.00. The Labute approximate surface area is 211 Å². The summed E-state index contributed by atoms with van der Waals surface area (Å²) in [6.07, 6.45) is -2.49. The lowest BCUT2D eigenvalue weighted by atomic mass is 9.96. The SMILES string of the molecule is CO[C@@H]1O[C@H](COCc2ccccc2)[C@@H](OCc2ccccc2)[C@H](OCc2ccccc2)[C@@H]1N=[N+]=[N-]. The van der Waals surface area contributed by atoms with Gasteiger partial charge in [-0.05, 0) is 22.2 Å². The van der Waals surface area contributed by atoms with Crippen LogP contribution in [-0.2, 0) is 43.5 Å². The maximum Gasteiger partial charge on any atom is 0.168 e. The first-order valence-electron chi connectivity index (χ1n) is 11.9. The van der Waals surface area contributed by atoms with Crippen LogP contribution in [0.4, 0.5) is 0 Å². The lowest BCUT2D eigenvalue weighted by Gasteiger charge is -2.44. The van der Waals surface area contributed by atoms with Gasteiger partial charge in [-0.2, -0.15) is 0 Å². The quantitative estimate of drug-likeness (QED) is 0.192. The number of benzene rings is 3. The Balaban J connectivity index is 1.55. The molecule has 0 N–H and O–H groups in total. The first-order valence-corrected chi connectivity index (χ1v) is 11.9. The highest BCUT2D eigenvalue weighted by Crippen LogP contribution is 2.30. The summed E-state index contributed by atoms with van der Waals surface area (Å²) in [6.45, 7) is 1.35. The minimum absolute atomic E-state index is 0.252. The molecule has 1 saturated heterocycles. The molecule has 0 aromatic heterocycles. The average Bonchev–Trinajstić information content (AvgIpc) is 2.93. The van der Waals surface area contributed by atoms with Crippen molar-refractivity contribution in [3.8, 4) is 0 Å². The number of ether oxygens (including phenoxy) is 5. The fourth-order valence-corrected chi connectivity index (χ4v) is 4.20. The largest absolute Gasteiger partial charge is 0.374 e. The Morgan fingerprint density at radius 2 is 1.25 bits per heavy atom. The molecule has 1 heterocycles. The topological polar surface area (TPSA) is 94.9 Å². The predicted molar refractivity (Wildman–Crippen MR) is 135 cm³/mol. The molecule has 4 rings (SSSR count). The van der Waals surface area contributed by atoms with E-state index in [2.05, 4.69) is 10.0 Å². The number of nitrogens with zero attached hydrogens (tertiary/aromatic N) is 3. The predicted octanol–water partition coefficient (Wildman–Crippen LogP) is 5.42. The van der Waals surface area contributed by atoms with Crippen LogP contribution in [0.25, 0.3) is 10.4 Å². The third kappa shape index (κ3) is 7.15. The van der Waals surface area contributed by atoms with Gasteiger partial charge in [0.05, 0.1) is 26.4 Å². The smallest absolute Gasteiger partial charge is 0.168 e. The van der Waals surface area contributed by atoms with Crippen LogP contribution in [0.3, 0.4) is 0 Å². The number of hydrogen-bond donors (Lipinski definition) is 0. The lowest BCUT2D eigenvalue weighted by molar-refractivity contribution is -0.280. The minimum atomic E-state index is -0.802. The fourth-order valence-electron chi connectivity index (χ4n) is 4.20. The Bertz CT molecular complexity index is 1080. The van der Waals surface area contributed by atoms with Crippen LogP contribution in [0.1, 0.15) is 16.7 Å². The van der Waals surface area contributed by atoms with Crippen LogP contribution in [-0.4, -0.2) is 44.4 Å². The van der Waals surface area contributed by atoms with Crippen LogP contribution >= 0.6 is 0 Å². The van der Waals surface area contributed by atoms with E-state index in [1.54, 1.807) is 0 Å². The highest BCUT2D eigenvalue weighted by Gasteiger charge is 2.47. The summed E-state index contributed by atoms with van der Waals surface area (Å²) in [5, 5.41) is 3.98. The van der Waals surface area contributed by atoms with Crippen LogP contribution < -0.4 is 0 Å². The van der Waals surface area contributed by atoms with Crippen LogP contribution in [0.5, 0.6) is 0 Å². The highest BCUT2D eigenvalue weighted by molar-refractivity contribution is 5.15. The Morgan fingerprint density at radius 1 is 0.750 bits per heavy atom. The van der Waals surface area contributed by atoms with E-state index in [0.29, 0.717) is 19.8 Å². The van der Waals surface area contributed by atoms with Gasteiger partial charge in [0.25, 0.3) is 0 Å². The molecule has 1 aliphatic heterocycles. The summed E-state index contributed by atoms with van der Waals surface area (Å²) in [5.74, 6) is 0. The van der Waals surface area contributed by atoms with Gasteiger partial charge in [0.2, 0.25) is 0 Å². The average molecular weight is 490 g/mol. The molecule has 0 saturated carbocycles. The summed E-state index contributed by atoms with van der Waals surface area (Å²) in [7, 11) is 1.52. The van der Waals surface area contributed by atoms with Crippen LogP contribution in [0, 0.1) is 0 Å². The van der Waals surface area contributed by atoms with Crippen molar-refractivity contribution in [1.82, 2.24) is 0 Å². The minimum Gasteiger partial charge on any atom is -0.374 e. The molecule has 3 aromatic carbocycles. The molecular formula is C28H31N3O5. The zero-order chi connectivity index (χ0) is 25.0. The van der Waals surface area contributed by atoms with Gasteiger partial charge in [0.15, 0.2) is 6.29 Å². The molecule has 0 spiro atoms. The Kier molecular flexibility index (Phi) is 9.87. The molecule has 3 aromatic rings. The van der Waals surface area contributed by atoms with E-state index in [9.17, 15) is 5.53 Å². The zero-order valence-corrected chi connectivity index (χ0v) is 20.3. The summed E-state index contributed by atoms with van der Waals surface area (Å²) >= 11 is 0. The van der Waals surface area contributed by atoms with E-state index in [-0.39, 0.29) is 6.61 Å². The zero-order valence-electron chi connectivity index (χ0n) is 20.3. The summed E-state index contributed by atoms with van der Waals surface area (Å²) in [5.41, 5.74) is 12.4. The van der Waals surface area contributed by atoms with Crippen LogP contribution in [0.2, 0.25) is 0 Å². The molecule has 0 amide bonds. The Hall–Kier alpha value is -3.23. The molecule has 0 bridgehead atoms. The number of methoxy groups -OCH3 is 1. The van der Waals surface area contributed by atoms with Crippen molar-refractivity contribution in [3.63, 3.8) is 0 Å². The normalized spacial score (nSPS) is 23.6. The third-order valence-corrected chi connectivity index (χ3v) is 6.00. The summed E-state index contributed by atoms with van der Waals surface area (Å²) in [6, 6.07) is 28.9. The molecule has 36 heavy (non-hydrogen) atoms. The molecule has 5 atom stereocenters. The maximum atomic E-state index is 9.29. The molecule has 8 nitrogen and oxygen atoms in total. The van der Waals surface area contributed by atoms with Crippen molar-refractivity contribution in [2.45, 2.75) is 50.5 Å². The van der Waals surface area contributed by atoms with Gasteiger partial charge < -0.3 is 23.7 Å². The Morgan fingerprint density at radius 3 is 1.75 bits per heavy atom. The van der Waals surface area contributed by atoms with Crippen molar-refractivity contribution in [2.75, 3.05) is 13.7 Å². The molecule has 0 unspecified atom stereocenters. The van der Waals surface area contributed by atoms with Crippen molar-refractivity contribution in [2.24, 2.45) is 5.11 Å². The fraction of sp³-hybridized carbons (Fsp3) is 0.357. The lowest BCUT2D eigenvalue weighted by Crippen LogP contribution is -2.60. The molecule has 1 aliphatic rings. The van der Waals surface area contributed by atoms with E-state index in [0.717, 1.165) is 16.7 Å². The maximum absolute atomic E-state index is 9.29. The van der Waals surface area contributed by atoms with Crippen LogP contribution in [0.15, 0.2) is 96.1 Å². The van der Waals surface area contributed by atoms with Gasteiger partial charge in [-0.3, -0.25) is 0 Å². The van der Waals surface area contributed by atoms with Gasteiger partial charge in [0, 0.05) is 12.0 Å². The molecular weight excluding hydrogens is 458 g/mol. The van der Waals surface area contributed by atoms with Crippen molar-refractivity contribution in [1.29, 1.82) is 0 Å². The summed E-state index contributed by atoms with van der Waals surface area (Å²) in [4.78, 5) is 3.04. The van der Waals surface area contributed by atoms with Gasteiger partial charge in [-0.25, -0.2) is 0 Å². The second kappa shape index (κ2) is 13.8. The molecule has 8 heteroatoms. The molecule has 0 aliphatic carbocycles. The van der Waals surface area contributed by atoms with Crippen molar-refractivity contribution >= 4 is 0 Å².